The van der Waals surface area contributed by atoms with E-state index in [9.17, 15) is 0 Å². The fourth-order valence-electron chi connectivity index (χ4n) is 1.27. The Labute approximate surface area is 93.9 Å². The molecule has 0 saturated heterocycles. The Kier molecular flexibility index (Phi) is 2.44. The number of nitrogens with zero attached hydrogens (tertiary/aromatic N) is 1. The molecule has 0 atom stereocenters. The van der Waals surface area contributed by atoms with E-state index >= 15 is 0 Å². The van der Waals surface area contributed by atoms with E-state index in [2.05, 4.69) is 22.0 Å². The molecule has 0 saturated carbocycles. The predicted molar refractivity (Wildman–Crippen MR) is 60.8 cm³/mol. The van der Waals surface area contributed by atoms with Crippen molar-refractivity contribution in [2.45, 2.75) is 0 Å². The summed E-state index contributed by atoms with van der Waals surface area (Å²) in [6.45, 7) is 0. The monoisotopic (exact) mass is 267 g/mol. The topological polar surface area (TPSA) is 33.0 Å². The first-order valence-corrected chi connectivity index (χ1v) is 5.58. The van der Waals surface area contributed by atoms with Gasteiger partial charge in [-0.05, 0) is 28.1 Å². The number of nitriles is 1. The second kappa shape index (κ2) is 3.60. The second-order valence-electron chi connectivity index (χ2n) is 2.74. The molecule has 0 unspecified atom stereocenters. The summed E-state index contributed by atoms with van der Waals surface area (Å²) in [6.07, 6.45) is 0. The van der Waals surface area contributed by atoms with Crippen molar-refractivity contribution >= 4 is 37.4 Å². The SMILES string of the molecule is COc1csc2cc(C#N)c(Br)cc12. The van der Waals surface area contributed by atoms with Crippen LogP contribution in [0, 0.1) is 11.3 Å². The fourth-order valence-corrected chi connectivity index (χ4v) is 2.63. The Morgan fingerprint density at radius 2 is 2.29 bits per heavy atom. The number of hydrogen-bond donors (Lipinski definition) is 0. The maximum absolute atomic E-state index is 8.84. The smallest absolute Gasteiger partial charge is 0.137 e. The molecule has 70 valence electrons. The second-order valence-corrected chi connectivity index (χ2v) is 4.51. The summed E-state index contributed by atoms with van der Waals surface area (Å²) in [4.78, 5) is 0. The van der Waals surface area contributed by atoms with Crippen LogP contribution in [0.25, 0.3) is 10.1 Å². The summed E-state index contributed by atoms with van der Waals surface area (Å²) in [5, 5.41) is 11.8. The molecule has 0 N–H and O–H groups in total. The summed E-state index contributed by atoms with van der Waals surface area (Å²) in [5.74, 6) is 0.857. The molecule has 0 aliphatic heterocycles. The fraction of sp³-hybridized carbons (Fsp3) is 0.100. The largest absolute Gasteiger partial charge is 0.495 e. The summed E-state index contributed by atoms with van der Waals surface area (Å²) in [6, 6.07) is 5.92. The maximum Gasteiger partial charge on any atom is 0.137 e. The van der Waals surface area contributed by atoms with Gasteiger partial charge in [0, 0.05) is 19.9 Å². The molecule has 4 heteroatoms. The first-order chi connectivity index (χ1) is 6.76. The van der Waals surface area contributed by atoms with Crippen molar-refractivity contribution in [2.24, 2.45) is 0 Å². The number of rotatable bonds is 1. The number of ether oxygens (including phenoxy) is 1. The molecule has 0 aliphatic carbocycles. The van der Waals surface area contributed by atoms with Gasteiger partial charge in [-0.1, -0.05) is 0 Å². The van der Waals surface area contributed by atoms with Crippen LogP contribution in [0.2, 0.25) is 0 Å². The maximum atomic E-state index is 8.84. The highest BCUT2D eigenvalue weighted by Crippen LogP contribution is 2.35. The van der Waals surface area contributed by atoms with Crippen molar-refractivity contribution in [3.63, 3.8) is 0 Å². The lowest BCUT2D eigenvalue weighted by Crippen LogP contribution is -1.81. The number of thiophene rings is 1. The zero-order valence-electron chi connectivity index (χ0n) is 7.37. The molecule has 0 spiro atoms. The zero-order chi connectivity index (χ0) is 10.1. The lowest BCUT2D eigenvalue weighted by molar-refractivity contribution is 0.421. The predicted octanol–water partition coefficient (Wildman–Crippen LogP) is 3.54. The Morgan fingerprint density at radius 1 is 1.50 bits per heavy atom. The molecule has 1 aromatic heterocycles. The molecule has 1 aromatic carbocycles. The molecule has 0 aliphatic rings. The van der Waals surface area contributed by atoms with Crippen LogP contribution >= 0.6 is 27.3 Å². The van der Waals surface area contributed by atoms with Gasteiger partial charge in [0.2, 0.25) is 0 Å². The first kappa shape index (κ1) is 9.50. The summed E-state index contributed by atoms with van der Waals surface area (Å²) in [7, 11) is 1.65. The molecule has 0 radical (unpaired) electrons. The van der Waals surface area contributed by atoms with Crippen molar-refractivity contribution < 1.29 is 4.74 Å². The molecule has 14 heavy (non-hydrogen) atoms. The third-order valence-corrected chi connectivity index (χ3v) is 3.55. The van der Waals surface area contributed by atoms with Gasteiger partial charge in [0.25, 0.3) is 0 Å². The average Bonchev–Trinajstić information content (AvgIpc) is 2.58. The Hall–Kier alpha value is -1.05. The lowest BCUT2D eigenvalue weighted by Gasteiger charge is -1.98. The quantitative estimate of drug-likeness (QED) is 0.792. The van der Waals surface area contributed by atoms with Crippen LogP contribution in [0.1, 0.15) is 5.56 Å². The Bertz CT molecular complexity index is 527. The van der Waals surface area contributed by atoms with Gasteiger partial charge >= 0.3 is 0 Å². The number of benzene rings is 1. The van der Waals surface area contributed by atoms with Gasteiger partial charge in [-0.2, -0.15) is 5.26 Å². The highest BCUT2D eigenvalue weighted by Gasteiger charge is 2.07. The zero-order valence-corrected chi connectivity index (χ0v) is 9.78. The minimum Gasteiger partial charge on any atom is -0.495 e. The van der Waals surface area contributed by atoms with Gasteiger partial charge < -0.3 is 4.74 Å². The molecule has 2 nitrogen and oxygen atoms in total. The Balaban J connectivity index is 2.77. The molecule has 2 rings (SSSR count). The van der Waals surface area contributed by atoms with Gasteiger partial charge in [0.15, 0.2) is 0 Å². The normalized spacial score (nSPS) is 10.1. The number of hydrogen-bond acceptors (Lipinski definition) is 3. The van der Waals surface area contributed by atoms with Crippen molar-refractivity contribution in [3.8, 4) is 11.8 Å². The van der Waals surface area contributed by atoms with Crippen molar-refractivity contribution in [1.82, 2.24) is 0 Å². The average molecular weight is 268 g/mol. The third-order valence-electron chi connectivity index (χ3n) is 1.97. The minimum atomic E-state index is 0.655. The van der Waals surface area contributed by atoms with Gasteiger partial charge in [-0.25, -0.2) is 0 Å². The van der Waals surface area contributed by atoms with Crippen LogP contribution in [0.15, 0.2) is 22.0 Å². The number of fused-ring (bicyclic) bond motifs is 1. The van der Waals surface area contributed by atoms with Gasteiger partial charge in [0.05, 0.1) is 12.7 Å². The standard InChI is InChI=1S/C10H6BrNOS/c1-13-9-5-14-10-2-6(4-12)8(11)3-7(9)10/h2-3,5H,1H3. The van der Waals surface area contributed by atoms with Crippen molar-refractivity contribution in [2.75, 3.05) is 7.11 Å². The van der Waals surface area contributed by atoms with Crippen LogP contribution in [0.3, 0.4) is 0 Å². The molecule has 1 heterocycles. The first-order valence-electron chi connectivity index (χ1n) is 3.91. The van der Waals surface area contributed by atoms with Gasteiger partial charge in [-0.3, -0.25) is 0 Å². The van der Waals surface area contributed by atoms with Gasteiger partial charge in [-0.15, -0.1) is 11.3 Å². The van der Waals surface area contributed by atoms with E-state index in [1.54, 1.807) is 18.4 Å². The summed E-state index contributed by atoms with van der Waals surface area (Å²) in [5.41, 5.74) is 0.655. The van der Waals surface area contributed by atoms with Gasteiger partial charge in [0.1, 0.15) is 11.8 Å². The number of methoxy groups -OCH3 is 1. The highest BCUT2D eigenvalue weighted by molar-refractivity contribution is 9.10. The van der Waals surface area contributed by atoms with E-state index in [1.807, 2.05) is 17.5 Å². The molecule has 0 bridgehead atoms. The van der Waals surface area contributed by atoms with Crippen LogP contribution < -0.4 is 4.74 Å². The highest BCUT2D eigenvalue weighted by atomic mass is 79.9. The van der Waals surface area contributed by atoms with Crippen LogP contribution in [0.4, 0.5) is 0 Å². The number of halogens is 1. The minimum absolute atomic E-state index is 0.655. The van der Waals surface area contributed by atoms with E-state index in [0.29, 0.717) is 5.56 Å². The molecule has 0 fully saturated rings. The molecule has 0 amide bonds. The van der Waals surface area contributed by atoms with Crippen LogP contribution in [0.5, 0.6) is 5.75 Å². The van der Waals surface area contributed by atoms with Crippen molar-refractivity contribution in [3.05, 3.63) is 27.5 Å². The Morgan fingerprint density at radius 3 is 2.93 bits per heavy atom. The third kappa shape index (κ3) is 1.39. The van der Waals surface area contributed by atoms with Crippen molar-refractivity contribution in [1.29, 1.82) is 5.26 Å². The molecular weight excluding hydrogens is 262 g/mol. The lowest BCUT2D eigenvalue weighted by atomic mass is 10.2. The summed E-state index contributed by atoms with van der Waals surface area (Å²) >= 11 is 4.93. The summed E-state index contributed by atoms with van der Waals surface area (Å²) < 4.78 is 7.08. The molecular formula is C10H6BrNOS. The van der Waals surface area contributed by atoms with E-state index in [0.717, 1.165) is 20.3 Å². The van der Waals surface area contributed by atoms with E-state index in [1.165, 1.54) is 0 Å². The van der Waals surface area contributed by atoms with E-state index < -0.39 is 0 Å². The van der Waals surface area contributed by atoms with E-state index in [4.69, 9.17) is 10.00 Å². The van der Waals surface area contributed by atoms with Crippen LogP contribution in [-0.2, 0) is 0 Å². The molecule has 2 aromatic rings. The van der Waals surface area contributed by atoms with E-state index in [-0.39, 0.29) is 0 Å². The van der Waals surface area contributed by atoms with Crippen LogP contribution in [-0.4, -0.2) is 7.11 Å².